The van der Waals surface area contributed by atoms with Gasteiger partial charge in [-0.2, -0.15) is 0 Å². The Morgan fingerprint density at radius 1 is 1.25 bits per heavy atom. The number of benzene rings is 2. The summed E-state index contributed by atoms with van der Waals surface area (Å²) in [6, 6.07) is 7.16. The third-order valence-corrected chi connectivity index (χ3v) is 3.18. The number of hydrogen-bond donors (Lipinski definition) is 1. The van der Waals surface area contributed by atoms with E-state index in [1.165, 1.54) is 6.07 Å². The molecule has 0 radical (unpaired) electrons. The maximum Gasteiger partial charge on any atom is 0.138 e. The van der Waals surface area contributed by atoms with Crippen LogP contribution in [0.4, 0.5) is 4.39 Å². The molecule has 0 aliphatic rings. The van der Waals surface area contributed by atoms with Crippen molar-refractivity contribution in [1.29, 1.82) is 0 Å². The Balaban J connectivity index is 2.65. The molecular formula is C12H11BrFNO. The molecule has 0 fully saturated rings. The Kier molecular flexibility index (Phi) is 3.23. The molecule has 4 heteroatoms. The van der Waals surface area contributed by atoms with Crippen LogP contribution in [0.15, 0.2) is 28.7 Å². The van der Waals surface area contributed by atoms with Crippen molar-refractivity contribution >= 4 is 26.7 Å². The van der Waals surface area contributed by atoms with Crippen molar-refractivity contribution < 1.29 is 9.23 Å². The topological polar surface area (TPSA) is 35.2 Å². The van der Waals surface area contributed by atoms with E-state index >= 15 is 0 Å². The Bertz CT molecular complexity index is 542. The number of halogens is 2. The van der Waals surface area contributed by atoms with Crippen LogP contribution in [0.1, 0.15) is 11.1 Å². The first-order valence-corrected chi connectivity index (χ1v) is 5.61. The average Bonchev–Trinajstić information content (AvgIpc) is 2.23. The molecular weight excluding hydrogens is 273 g/mol. The standard InChI is InChI=1S/C12H11BrFNO/c1-7-2-8-4-11(13)12(14)5-9(8)3-10(7)6-16-15/h2-5H,6,15H2,1H3. The van der Waals surface area contributed by atoms with Gasteiger partial charge in [-0.05, 0) is 63.0 Å². The van der Waals surface area contributed by atoms with Gasteiger partial charge in [0, 0.05) is 0 Å². The zero-order valence-electron chi connectivity index (χ0n) is 8.76. The van der Waals surface area contributed by atoms with Gasteiger partial charge >= 0.3 is 0 Å². The molecule has 2 nitrogen and oxygen atoms in total. The summed E-state index contributed by atoms with van der Waals surface area (Å²) < 4.78 is 13.8. The number of fused-ring (bicyclic) bond motifs is 1. The van der Waals surface area contributed by atoms with E-state index in [4.69, 9.17) is 5.90 Å². The van der Waals surface area contributed by atoms with E-state index in [-0.39, 0.29) is 5.82 Å². The summed E-state index contributed by atoms with van der Waals surface area (Å²) in [4.78, 5) is 4.61. The van der Waals surface area contributed by atoms with Gasteiger partial charge in [-0.3, -0.25) is 4.84 Å². The van der Waals surface area contributed by atoms with Gasteiger partial charge in [0.25, 0.3) is 0 Å². The van der Waals surface area contributed by atoms with Gasteiger partial charge in [0.1, 0.15) is 5.82 Å². The third kappa shape index (κ3) is 2.09. The second kappa shape index (κ2) is 4.49. The van der Waals surface area contributed by atoms with Crippen LogP contribution < -0.4 is 5.90 Å². The van der Waals surface area contributed by atoms with E-state index in [0.717, 1.165) is 21.9 Å². The molecule has 2 aromatic rings. The number of aryl methyl sites for hydroxylation is 1. The lowest BCUT2D eigenvalue weighted by molar-refractivity contribution is 0.124. The summed E-state index contributed by atoms with van der Waals surface area (Å²) in [6.07, 6.45) is 0. The molecule has 0 aliphatic heterocycles. The smallest absolute Gasteiger partial charge is 0.138 e. The summed E-state index contributed by atoms with van der Waals surface area (Å²) in [5.41, 5.74) is 2.05. The second-order valence-corrected chi connectivity index (χ2v) is 4.56. The molecule has 0 aliphatic carbocycles. The fourth-order valence-corrected chi connectivity index (χ4v) is 2.06. The van der Waals surface area contributed by atoms with Crippen molar-refractivity contribution in [2.75, 3.05) is 0 Å². The van der Waals surface area contributed by atoms with Crippen LogP contribution in [-0.2, 0) is 11.4 Å². The molecule has 0 bridgehead atoms. The lowest BCUT2D eigenvalue weighted by Crippen LogP contribution is -2.00. The lowest BCUT2D eigenvalue weighted by Gasteiger charge is -2.07. The molecule has 0 saturated heterocycles. The molecule has 2 aromatic carbocycles. The molecule has 0 heterocycles. The van der Waals surface area contributed by atoms with Crippen LogP contribution in [0.25, 0.3) is 10.8 Å². The van der Waals surface area contributed by atoms with Gasteiger partial charge in [0.2, 0.25) is 0 Å². The van der Waals surface area contributed by atoms with Crippen LogP contribution in [0.2, 0.25) is 0 Å². The van der Waals surface area contributed by atoms with Gasteiger partial charge in [-0.25, -0.2) is 10.3 Å². The van der Waals surface area contributed by atoms with Crippen LogP contribution in [0.5, 0.6) is 0 Å². The monoisotopic (exact) mass is 283 g/mol. The van der Waals surface area contributed by atoms with Gasteiger partial charge in [0.05, 0.1) is 11.1 Å². The molecule has 0 saturated carbocycles. The van der Waals surface area contributed by atoms with Gasteiger partial charge in [-0.1, -0.05) is 6.07 Å². The fourth-order valence-electron chi connectivity index (χ4n) is 1.70. The van der Waals surface area contributed by atoms with Crippen molar-refractivity contribution in [3.8, 4) is 0 Å². The van der Waals surface area contributed by atoms with E-state index in [1.807, 2.05) is 19.1 Å². The predicted octanol–water partition coefficient (Wildman–Crippen LogP) is 3.44. The van der Waals surface area contributed by atoms with Crippen molar-refractivity contribution in [1.82, 2.24) is 0 Å². The second-order valence-electron chi connectivity index (χ2n) is 3.70. The third-order valence-electron chi connectivity index (χ3n) is 2.57. The number of nitrogens with two attached hydrogens (primary N) is 1. The van der Waals surface area contributed by atoms with Crippen LogP contribution in [-0.4, -0.2) is 0 Å². The Morgan fingerprint density at radius 3 is 2.62 bits per heavy atom. The molecule has 16 heavy (non-hydrogen) atoms. The molecule has 0 aromatic heterocycles. The van der Waals surface area contributed by atoms with E-state index in [0.29, 0.717) is 11.1 Å². The number of rotatable bonds is 2. The number of hydrogen-bond acceptors (Lipinski definition) is 2. The maximum atomic E-state index is 13.4. The highest BCUT2D eigenvalue weighted by atomic mass is 79.9. The minimum Gasteiger partial charge on any atom is -0.300 e. The van der Waals surface area contributed by atoms with Gasteiger partial charge < -0.3 is 0 Å². The quantitative estimate of drug-likeness (QED) is 0.857. The first-order valence-electron chi connectivity index (χ1n) is 4.82. The highest BCUT2D eigenvalue weighted by Gasteiger charge is 2.05. The Labute approximate surface area is 101 Å². The summed E-state index contributed by atoms with van der Waals surface area (Å²) in [5, 5.41) is 1.84. The van der Waals surface area contributed by atoms with Crippen LogP contribution >= 0.6 is 15.9 Å². The minimum atomic E-state index is -0.268. The van der Waals surface area contributed by atoms with E-state index < -0.39 is 0 Å². The van der Waals surface area contributed by atoms with Crippen molar-refractivity contribution in [2.24, 2.45) is 5.90 Å². The summed E-state index contributed by atoms with van der Waals surface area (Å²) in [5.74, 6) is 4.78. The molecule has 0 atom stereocenters. The SMILES string of the molecule is Cc1cc2cc(Br)c(F)cc2cc1CON. The van der Waals surface area contributed by atoms with Crippen molar-refractivity contribution in [3.05, 3.63) is 45.7 Å². The lowest BCUT2D eigenvalue weighted by atomic mass is 10.0. The molecule has 2 rings (SSSR count). The zero-order chi connectivity index (χ0) is 11.7. The van der Waals surface area contributed by atoms with Gasteiger partial charge in [0.15, 0.2) is 0 Å². The van der Waals surface area contributed by atoms with E-state index in [2.05, 4.69) is 20.8 Å². The molecule has 0 amide bonds. The highest BCUT2D eigenvalue weighted by Crippen LogP contribution is 2.26. The Hall–Kier alpha value is -0.970. The molecule has 0 spiro atoms. The first kappa shape index (κ1) is 11.5. The van der Waals surface area contributed by atoms with Crippen molar-refractivity contribution in [2.45, 2.75) is 13.5 Å². The summed E-state index contributed by atoms with van der Waals surface area (Å²) >= 11 is 3.17. The highest BCUT2D eigenvalue weighted by molar-refractivity contribution is 9.10. The normalized spacial score (nSPS) is 11.0. The summed E-state index contributed by atoms with van der Waals surface area (Å²) in [7, 11) is 0. The fraction of sp³-hybridized carbons (Fsp3) is 0.167. The molecule has 2 N–H and O–H groups in total. The molecule has 84 valence electrons. The Morgan fingerprint density at radius 2 is 1.94 bits per heavy atom. The zero-order valence-corrected chi connectivity index (χ0v) is 10.3. The largest absolute Gasteiger partial charge is 0.300 e. The predicted molar refractivity (Wildman–Crippen MR) is 65.3 cm³/mol. The van der Waals surface area contributed by atoms with Crippen LogP contribution in [0.3, 0.4) is 0 Å². The van der Waals surface area contributed by atoms with E-state index in [1.54, 1.807) is 6.07 Å². The molecule has 0 unspecified atom stereocenters. The average molecular weight is 284 g/mol. The van der Waals surface area contributed by atoms with Crippen molar-refractivity contribution in [3.63, 3.8) is 0 Å². The summed E-state index contributed by atoms with van der Waals surface area (Å²) in [6.45, 7) is 2.31. The van der Waals surface area contributed by atoms with Gasteiger partial charge in [-0.15, -0.1) is 0 Å². The minimum absolute atomic E-state index is 0.268. The van der Waals surface area contributed by atoms with E-state index in [9.17, 15) is 4.39 Å². The van der Waals surface area contributed by atoms with Crippen LogP contribution in [0, 0.1) is 12.7 Å². The maximum absolute atomic E-state index is 13.4. The first-order chi connectivity index (χ1) is 7.61.